The Balaban J connectivity index is 2.05. The van der Waals surface area contributed by atoms with Gasteiger partial charge in [0, 0.05) is 25.8 Å². The molecule has 3 rings (SSSR count). The fraction of sp³-hybridized carbons (Fsp3) is 0.364. The molecule has 0 saturated carbocycles. The Labute approximate surface area is 190 Å². The summed E-state index contributed by atoms with van der Waals surface area (Å²) in [6.45, 7) is 1.79. The van der Waals surface area contributed by atoms with E-state index in [1.54, 1.807) is 6.07 Å². The zero-order valence-corrected chi connectivity index (χ0v) is 18.4. The van der Waals surface area contributed by atoms with E-state index in [1.165, 1.54) is 33.3 Å². The first-order chi connectivity index (χ1) is 15.8. The minimum absolute atomic E-state index is 0.0359. The maximum absolute atomic E-state index is 11.7. The number of benzene rings is 2. The summed E-state index contributed by atoms with van der Waals surface area (Å²) >= 11 is 0. The van der Waals surface area contributed by atoms with Crippen molar-refractivity contribution in [1.29, 1.82) is 5.26 Å². The molecular formula is C22H25N5O6. The van der Waals surface area contributed by atoms with Gasteiger partial charge >= 0.3 is 5.69 Å². The fourth-order valence-electron chi connectivity index (χ4n) is 3.81. The lowest BCUT2D eigenvalue weighted by Gasteiger charge is -2.46. The van der Waals surface area contributed by atoms with Crippen LogP contribution in [0.15, 0.2) is 53.5 Å². The van der Waals surface area contributed by atoms with Gasteiger partial charge in [0.2, 0.25) is 11.7 Å². The van der Waals surface area contributed by atoms with Gasteiger partial charge in [0.05, 0.1) is 17.5 Å². The molecule has 1 aliphatic heterocycles. The van der Waals surface area contributed by atoms with E-state index in [1.807, 2.05) is 36.5 Å². The number of hydrogen-bond acceptors (Lipinski definition) is 8. The summed E-state index contributed by atoms with van der Waals surface area (Å²) in [5.41, 5.74) is -0.576. The van der Waals surface area contributed by atoms with E-state index in [2.05, 4.69) is 15.6 Å². The molecule has 33 heavy (non-hydrogen) atoms. The number of aliphatic hydroxyl groups is 1. The number of rotatable bonds is 7. The molecule has 3 N–H and O–H groups in total. The lowest BCUT2D eigenvalue weighted by molar-refractivity contribution is -0.387. The molecular weight excluding hydrogens is 430 g/mol. The topological polar surface area (TPSA) is 151 Å². The second-order valence-electron chi connectivity index (χ2n) is 7.50. The lowest BCUT2D eigenvalue weighted by atomic mass is 9.84. The Kier molecular flexibility index (Phi) is 7.44. The number of nitrogens with zero attached hydrogens (tertiary/aromatic N) is 3. The number of ether oxygens (including phenoxy) is 3. The van der Waals surface area contributed by atoms with Crippen molar-refractivity contribution >= 4 is 11.6 Å². The molecule has 0 amide bonds. The summed E-state index contributed by atoms with van der Waals surface area (Å²) in [6, 6.07) is 12.8. The highest BCUT2D eigenvalue weighted by Crippen LogP contribution is 2.46. The Morgan fingerprint density at radius 2 is 2.00 bits per heavy atom. The average Bonchev–Trinajstić information content (AvgIpc) is 2.81. The molecule has 1 unspecified atom stereocenters. The predicted octanol–water partition coefficient (Wildman–Crippen LogP) is 1.98. The normalized spacial score (nSPS) is 22.1. The third kappa shape index (κ3) is 4.88. The Bertz CT molecular complexity index is 1050. The van der Waals surface area contributed by atoms with Gasteiger partial charge < -0.3 is 24.6 Å². The van der Waals surface area contributed by atoms with Crippen LogP contribution in [0.3, 0.4) is 0 Å². The van der Waals surface area contributed by atoms with Crippen molar-refractivity contribution in [3.05, 3.63) is 69.8 Å². The second kappa shape index (κ2) is 10.3. The summed E-state index contributed by atoms with van der Waals surface area (Å²) < 4.78 is 16.6. The van der Waals surface area contributed by atoms with Crippen molar-refractivity contribution in [3.63, 3.8) is 0 Å². The van der Waals surface area contributed by atoms with Crippen LogP contribution in [0.1, 0.15) is 24.1 Å². The van der Waals surface area contributed by atoms with Crippen molar-refractivity contribution in [3.8, 4) is 11.9 Å². The minimum Gasteiger partial charge on any atom is -0.472 e. The molecule has 3 atom stereocenters. The van der Waals surface area contributed by atoms with E-state index in [-0.39, 0.29) is 23.9 Å². The molecule has 2 aromatic carbocycles. The molecule has 0 radical (unpaired) electrons. The van der Waals surface area contributed by atoms with Crippen LogP contribution in [0.25, 0.3) is 0 Å². The number of hydrogen-bond donors (Lipinski definition) is 3. The van der Waals surface area contributed by atoms with Gasteiger partial charge in [-0.1, -0.05) is 42.5 Å². The number of guanidine groups is 1. The van der Waals surface area contributed by atoms with Crippen LogP contribution >= 0.6 is 0 Å². The van der Waals surface area contributed by atoms with Gasteiger partial charge in [0.15, 0.2) is 18.1 Å². The molecule has 174 valence electrons. The van der Waals surface area contributed by atoms with Crippen LogP contribution in [0.2, 0.25) is 0 Å². The molecule has 0 aliphatic carbocycles. The van der Waals surface area contributed by atoms with E-state index in [0.717, 1.165) is 5.56 Å². The van der Waals surface area contributed by atoms with E-state index >= 15 is 0 Å². The highest BCUT2D eigenvalue weighted by Gasteiger charge is 2.54. The fourth-order valence-corrected chi connectivity index (χ4v) is 3.81. The number of fused-ring (bicyclic) bond motifs is 1. The summed E-state index contributed by atoms with van der Waals surface area (Å²) in [5.74, 6) is 0.0461. The summed E-state index contributed by atoms with van der Waals surface area (Å²) in [7, 11) is 2.74. The quantitative estimate of drug-likeness (QED) is 0.108. The number of methoxy groups -OCH3 is 2. The first-order valence-corrected chi connectivity index (χ1v) is 10.1. The Hall–Kier alpha value is -3.72. The molecule has 0 fully saturated rings. The molecule has 11 nitrogen and oxygen atoms in total. The summed E-state index contributed by atoms with van der Waals surface area (Å²) in [4.78, 5) is 15.5. The molecule has 11 heteroatoms. The number of nitrogens with one attached hydrogen (secondary N) is 2. The molecule has 2 aromatic rings. The number of para-hydroxylation sites is 1. The van der Waals surface area contributed by atoms with Crippen LogP contribution in [0.4, 0.5) is 5.69 Å². The van der Waals surface area contributed by atoms with Crippen molar-refractivity contribution in [2.24, 2.45) is 4.99 Å². The summed E-state index contributed by atoms with van der Waals surface area (Å²) in [5, 5.41) is 37.7. The number of nitro benzene ring substituents is 1. The van der Waals surface area contributed by atoms with Crippen LogP contribution < -0.4 is 15.4 Å². The van der Waals surface area contributed by atoms with Crippen molar-refractivity contribution < 1.29 is 24.2 Å². The monoisotopic (exact) mass is 455 g/mol. The van der Waals surface area contributed by atoms with Gasteiger partial charge in [-0.15, -0.1) is 0 Å². The van der Waals surface area contributed by atoms with Gasteiger partial charge in [-0.25, -0.2) is 4.99 Å². The molecule has 0 aromatic heterocycles. The van der Waals surface area contributed by atoms with Gasteiger partial charge in [0.1, 0.15) is 6.10 Å². The molecule has 1 aliphatic rings. The number of nitro groups is 1. The van der Waals surface area contributed by atoms with E-state index in [0.29, 0.717) is 5.56 Å². The van der Waals surface area contributed by atoms with Gasteiger partial charge in [0.25, 0.3) is 0 Å². The molecule has 0 bridgehead atoms. The van der Waals surface area contributed by atoms with Gasteiger partial charge in [-0.05, 0) is 12.5 Å². The average molecular weight is 455 g/mol. The van der Waals surface area contributed by atoms with E-state index in [9.17, 15) is 20.5 Å². The smallest absolute Gasteiger partial charge is 0.311 e. The third-order valence-electron chi connectivity index (χ3n) is 5.41. The van der Waals surface area contributed by atoms with Crippen LogP contribution in [-0.4, -0.2) is 48.2 Å². The second-order valence-corrected chi connectivity index (χ2v) is 7.50. The Morgan fingerprint density at radius 1 is 1.30 bits per heavy atom. The van der Waals surface area contributed by atoms with Crippen molar-refractivity contribution in [1.82, 2.24) is 10.6 Å². The molecule has 0 saturated heterocycles. The SMILES string of the molecule is COC(OC)C1(C)Oc2c(cccc2[N+](=O)[O-])[C@@H](NC(=NCc2ccccc2)NC#N)[C@@H]1O. The van der Waals surface area contributed by atoms with Crippen LogP contribution in [0.5, 0.6) is 5.75 Å². The van der Waals surface area contributed by atoms with Gasteiger partial charge in [-0.3, -0.25) is 15.4 Å². The maximum Gasteiger partial charge on any atom is 0.311 e. The highest BCUT2D eigenvalue weighted by molar-refractivity contribution is 5.82. The summed E-state index contributed by atoms with van der Waals surface area (Å²) in [6.07, 6.45) is -0.549. The largest absolute Gasteiger partial charge is 0.472 e. The zero-order valence-electron chi connectivity index (χ0n) is 18.4. The highest BCUT2D eigenvalue weighted by atomic mass is 16.7. The number of aliphatic imine (C=N–C) groups is 1. The first kappa shape index (κ1) is 23.9. The maximum atomic E-state index is 11.7. The number of nitriles is 1. The zero-order chi connectivity index (χ0) is 24.0. The van der Waals surface area contributed by atoms with E-state index in [4.69, 9.17) is 14.2 Å². The van der Waals surface area contributed by atoms with E-state index < -0.39 is 29.0 Å². The van der Waals surface area contributed by atoms with Crippen LogP contribution in [-0.2, 0) is 16.0 Å². The van der Waals surface area contributed by atoms with Crippen LogP contribution in [0, 0.1) is 21.6 Å². The standard InChI is InChI=1S/C22H25N5O6/c1-22(20(31-2)32-3)19(28)17(15-10-7-11-16(27(29)30)18(15)33-22)26-21(25-13-23)24-12-14-8-5-4-6-9-14/h4-11,17,19-20,28H,12H2,1-3H3,(H2,24,25,26)/t17-,19+,22?/m1/s1. The Morgan fingerprint density at radius 3 is 2.61 bits per heavy atom. The minimum atomic E-state index is -1.53. The van der Waals surface area contributed by atoms with Crippen molar-refractivity contribution in [2.45, 2.75) is 37.5 Å². The van der Waals surface area contributed by atoms with Crippen molar-refractivity contribution in [2.75, 3.05) is 14.2 Å². The lowest BCUT2D eigenvalue weighted by Crippen LogP contribution is -2.62. The molecule has 1 heterocycles. The molecule has 0 spiro atoms. The number of aliphatic hydroxyl groups excluding tert-OH is 1. The third-order valence-corrected chi connectivity index (χ3v) is 5.41. The first-order valence-electron chi connectivity index (χ1n) is 10.1. The van der Waals surface area contributed by atoms with Gasteiger partial charge in [-0.2, -0.15) is 5.26 Å². The predicted molar refractivity (Wildman–Crippen MR) is 118 cm³/mol.